The van der Waals surface area contributed by atoms with Gasteiger partial charge in [0, 0.05) is 19.5 Å². The Morgan fingerprint density at radius 2 is 1.89 bits per heavy atom. The molecule has 2 saturated heterocycles. The number of fused-ring (bicyclic) bond motifs is 5. The molecule has 38 heavy (non-hydrogen) atoms. The Kier molecular flexibility index (Phi) is 7.49. The summed E-state index contributed by atoms with van der Waals surface area (Å²) in [5.41, 5.74) is -1.09. The number of nitriles is 1. The van der Waals surface area contributed by atoms with Crippen molar-refractivity contribution in [3.63, 3.8) is 0 Å². The van der Waals surface area contributed by atoms with Crippen LogP contribution in [0.1, 0.15) is 33.6 Å². The first-order chi connectivity index (χ1) is 17.7. The Labute approximate surface area is 218 Å². The summed E-state index contributed by atoms with van der Waals surface area (Å²) in [4.78, 5) is 52.5. The summed E-state index contributed by atoms with van der Waals surface area (Å²) in [7, 11) is 0. The van der Waals surface area contributed by atoms with Gasteiger partial charge in [-0.2, -0.15) is 18.4 Å². The van der Waals surface area contributed by atoms with E-state index >= 15 is 0 Å². The molecule has 2 heterocycles. The summed E-state index contributed by atoms with van der Waals surface area (Å²) >= 11 is 0. The van der Waals surface area contributed by atoms with Crippen LogP contribution in [0.2, 0.25) is 0 Å². The molecule has 208 valence electrons. The average molecular weight is 540 g/mol. The van der Waals surface area contributed by atoms with E-state index in [1.165, 1.54) is 25.7 Å². The Bertz CT molecular complexity index is 1070. The number of ether oxygens (including phenoxy) is 1. The smallest absolute Gasteiger partial charge is 0.366 e. The number of nitrogens with one attached hydrogen (secondary N) is 3. The summed E-state index contributed by atoms with van der Waals surface area (Å²) in [6, 6.07) is -1.72. The van der Waals surface area contributed by atoms with Gasteiger partial charge in [0.25, 0.3) is 0 Å². The van der Waals surface area contributed by atoms with E-state index in [1.54, 1.807) is 0 Å². The molecule has 2 bridgehead atoms. The van der Waals surface area contributed by atoms with Crippen molar-refractivity contribution in [2.24, 2.45) is 29.1 Å². The van der Waals surface area contributed by atoms with Crippen molar-refractivity contribution in [3.05, 3.63) is 12.2 Å². The van der Waals surface area contributed by atoms with E-state index in [1.807, 2.05) is 23.5 Å². The number of halogens is 3. The molecule has 1 saturated carbocycles. The second-order valence-electron chi connectivity index (χ2n) is 11.5. The standard InChI is InChI=1S/C25H32F3N5O5/c1-24(2,3)19(32-23(37)25(26,27)28)22(36)33-11-15-12-4-5-13(8-12)17(15)18(33)21(35)31-14(10-29)9-16-20(34)30-6-7-38-16/h4-5,12-19H,6-9,11H2,1-3H3,(H,30,34)(H,31,35)(H,32,37)/t12-,13+,14+,15-,16+,17+,18+,19-/m1/s1. The van der Waals surface area contributed by atoms with E-state index in [4.69, 9.17) is 4.74 Å². The molecule has 4 aliphatic rings. The van der Waals surface area contributed by atoms with Crippen LogP contribution in [-0.4, -0.2) is 78.6 Å². The molecule has 2 aliphatic heterocycles. The zero-order chi connectivity index (χ0) is 28.0. The number of morpholine rings is 1. The van der Waals surface area contributed by atoms with Crippen LogP contribution in [-0.2, 0) is 23.9 Å². The molecular formula is C25H32F3N5O5. The lowest BCUT2D eigenvalue weighted by Gasteiger charge is -2.37. The molecule has 8 atom stereocenters. The SMILES string of the molecule is CC(C)(C)[C@H](NC(=O)C(F)(F)F)C(=O)N1C[C@H]2[C@@H]([C@H]1C(=O)N[C@H](C#N)C[C@@H]1OCCNC1=O)[C@H]1C=C[C@@H]2C1. The molecular weight excluding hydrogens is 507 g/mol. The van der Waals surface area contributed by atoms with Crippen LogP contribution in [0.4, 0.5) is 13.2 Å². The predicted octanol–water partition coefficient (Wildman–Crippen LogP) is 0.642. The number of carbonyl (C=O) groups is 4. The van der Waals surface area contributed by atoms with Crippen molar-refractivity contribution in [2.45, 2.75) is 64.0 Å². The van der Waals surface area contributed by atoms with E-state index in [-0.39, 0.29) is 43.2 Å². The Hall–Kier alpha value is -3.14. The third-order valence-corrected chi connectivity index (χ3v) is 7.93. The number of hydrogen-bond donors (Lipinski definition) is 3. The molecule has 3 N–H and O–H groups in total. The van der Waals surface area contributed by atoms with Gasteiger partial charge in [-0.15, -0.1) is 0 Å². The molecule has 0 spiro atoms. The van der Waals surface area contributed by atoms with E-state index < -0.39 is 59.4 Å². The maximum atomic E-state index is 13.8. The molecule has 0 aromatic heterocycles. The van der Waals surface area contributed by atoms with Gasteiger partial charge in [-0.05, 0) is 35.5 Å². The molecule has 4 amide bonds. The molecule has 4 rings (SSSR count). The summed E-state index contributed by atoms with van der Waals surface area (Å²) in [5.74, 6) is -4.25. The fourth-order valence-electron chi connectivity index (χ4n) is 6.16. The first-order valence-electron chi connectivity index (χ1n) is 12.7. The maximum absolute atomic E-state index is 13.8. The maximum Gasteiger partial charge on any atom is 0.471 e. The monoisotopic (exact) mass is 539 g/mol. The fourth-order valence-corrected chi connectivity index (χ4v) is 6.16. The first-order valence-corrected chi connectivity index (χ1v) is 12.7. The number of rotatable bonds is 6. The van der Waals surface area contributed by atoms with E-state index in [0.717, 1.165) is 6.42 Å². The summed E-state index contributed by atoms with van der Waals surface area (Å²) < 4.78 is 44.6. The molecule has 0 aromatic rings. The van der Waals surface area contributed by atoms with Gasteiger partial charge in [0.2, 0.25) is 17.7 Å². The minimum absolute atomic E-state index is 0.00407. The van der Waals surface area contributed by atoms with Crippen LogP contribution < -0.4 is 16.0 Å². The summed E-state index contributed by atoms with van der Waals surface area (Å²) in [5, 5.41) is 16.8. The lowest BCUT2D eigenvalue weighted by Crippen LogP contribution is -2.60. The van der Waals surface area contributed by atoms with Gasteiger partial charge < -0.3 is 25.6 Å². The van der Waals surface area contributed by atoms with Gasteiger partial charge in [-0.1, -0.05) is 32.9 Å². The second kappa shape index (κ2) is 10.2. The predicted molar refractivity (Wildman–Crippen MR) is 126 cm³/mol. The Balaban J connectivity index is 1.58. The highest BCUT2D eigenvalue weighted by atomic mass is 19.4. The Morgan fingerprint density at radius 1 is 1.21 bits per heavy atom. The number of allylic oxidation sites excluding steroid dienone is 2. The fraction of sp³-hybridized carbons (Fsp3) is 0.720. The third-order valence-electron chi connectivity index (χ3n) is 7.93. The number of amides is 4. The third kappa shape index (κ3) is 5.36. The van der Waals surface area contributed by atoms with Crippen molar-refractivity contribution in [1.29, 1.82) is 5.26 Å². The highest BCUT2D eigenvalue weighted by Crippen LogP contribution is 2.54. The van der Waals surface area contributed by atoms with Crippen LogP contribution in [0, 0.1) is 40.4 Å². The van der Waals surface area contributed by atoms with Crippen molar-refractivity contribution >= 4 is 23.6 Å². The van der Waals surface area contributed by atoms with Crippen LogP contribution in [0.25, 0.3) is 0 Å². The highest BCUT2D eigenvalue weighted by molar-refractivity contribution is 5.94. The van der Waals surface area contributed by atoms with Crippen LogP contribution in [0.15, 0.2) is 12.2 Å². The molecule has 13 heteroatoms. The van der Waals surface area contributed by atoms with E-state index in [0.29, 0.717) is 6.54 Å². The quantitative estimate of drug-likeness (QED) is 0.423. The number of hydrogen-bond acceptors (Lipinski definition) is 6. The van der Waals surface area contributed by atoms with Gasteiger partial charge in [0.1, 0.15) is 24.2 Å². The molecule has 0 unspecified atom stereocenters. The summed E-state index contributed by atoms with van der Waals surface area (Å²) in [6.45, 7) is 5.35. The van der Waals surface area contributed by atoms with Crippen molar-refractivity contribution in [2.75, 3.05) is 19.7 Å². The number of alkyl halides is 3. The molecule has 3 fully saturated rings. The van der Waals surface area contributed by atoms with Gasteiger partial charge in [-0.3, -0.25) is 19.2 Å². The van der Waals surface area contributed by atoms with Gasteiger partial charge in [0.05, 0.1) is 12.7 Å². The largest absolute Gasteiger partial charge is 0.471 e. The van der Waals surface area contributed by atoms with Crippen LogP contribution >= 0.6 is 0 Å². The first kappa shape index (κ1) is 27.9. The summed E-state index contributed by atoms with van der Waals surface area (Å²) in [6.07, 6.45) is -1.35. The zero-order valence-corrected chi connectivity index (χ0v) is 21.4. The lowest BCUT2D eigenvalue weighted by molar-refractivity contribution is -0.176. The highest BCUT2D eigenvalue weighted by Gasteiger charge is 2.59. The number of carbonyl (C=O) groups excluding carboxylic acids is 4. The Morgan fingerprint density at radius 3 is 2.50 bits per heavy atom. The molecule has 10 nitrogen and oxygen atoms in total. The van der Waals surface area contributed by atoms with Gasteiger partial charge >= 0.3 is 12.1 Å². The van der Waals surface area contributed by atoms with Gasteiger partial charge in [-0.25, -0.2) is 0 Å². The molecule has 0 radical (unpaired) electrons. The van der Waals surface area contributed by atoms with E-state index in [2.05, 4.69) is 10.6 Å². The molecule has 0 aromatic carbocycles. The average Bonchev–Trinajstić information content (AvgIpc) is 3.54. The minimum Gasteiger partial charge on any atom is -0.366 e. The molecule has 2 aliphatic carbocycles. The lowest BCUT2D eigenvalue weighted by atomic mass is 9.81. The van der Waals surface area contributed by atoms with Crippen molar-refractivity contribution < 1.29 is 37.1 Å². The van der Waals surface area contributed by atoms with E-state index in [9.17, 15) is 37.6 Å². The zero-order valence-electron chi connectivity index (χ0n) is 21.4. The van der Waals surface area contributed by atoms with Crippen LogP contribution in [0.3, 0.4) is 0 Å². The topological polar surface area (TPSA) is 141 Å². The number of nitrogens with zero attached hydrogens (tertiary/aromatic N) is 2. The minimum atomic E-state index is -5.18. The second-order valence-corrected chi connectivity index (χ2v) is 11.5. The van der Waals surface area contributed by atoms with Crippen LogP contribution in [0.5, 0.6) is 0 Å². The number of likely N-dealkylation sites (tertiary alicyclic amines) is 1. The van der Waals surface area contributed by atoms with Crippen molar-refractivity contribution in [1.82, 2.24) is 20.9 Å². The normalized spacial score (nSPS) is 31.7. The van der Waals surface area contributed by atoms with Crippen molar-refractivity contribution in [3.8, 4) is 6.07 Å². The van der Waals surface area contributed by atoms with Gasteiger partial charge in [0.15, 0.2) is 0 Å².